The molecule has 4 nitrogen and oxygen atoms in total. The minimum atomic E-state index is 0.0292. The van der Waals surface area contributed by atoms with Gasteiger partial charge >= 0.3 is 0 Å². The fourth-order valence-electron chi connectivity index (χ4n) is 2.37. The quantitative estimate of drug-likeness (QED) is 0.557. The van der Waals surface area contributed by atoms with Crippen molar-refractivity contribution in [1.82, 2.24) is 0 Å². The summed E-state index contributed by atoms with van der Waals surface area (Å²) < 4.78 is 0. The van der Waals surface area contributed by atoms with Crippen LogP contribution < -0.4 is 10.6 Å². The number of hydrogen-bond acceptors (Lipinski definition) is 2. The first-order valence-corrected chi connectivity index (χ1v) is 8.85. The standard InChI is InChI=1S/C19H30N2O2/c1-3-5-7-9-14-19(23)21-17-12-10-11-16(15-17)20-18(22)13-8-6-4-2/h10-12,15H,3-9,13-14H2,1-2H3,(H,20,22)(H,21,23). The number of anilines is 2. The first kappa shape index (κ1) is 19.2. The lowest BCUT2D eigenvalue weighted by atomic mass is 10.1. The van der Waals surface area contributed by atoms with Crippen molar-refractivity contribution in [2.45, 2.75) is 71.6 Å². The number of carbonyl (C=O) groups excluding carboxylic acids is 2. The molecule has 0 radical (unpaired) electrons. The monoisotopic (exact) mass is 318 g/mol. The lowest BCUT2D eigenvalue weighted by molar-refractivity contribution is -0.117. The van der Waals surface area contributed by atoms with Crippen molar-refractivity contribution in [2.24, 2.45) is 0 Å². The first-order chi connectivity index (χ1) is 11.2. The summed E-state index contributed by atoms with van der Waals surface area (Å²) in [6, 6.07) is 7.33. The van der Waals surface area contributed by atoms with Crippen molar-refractivity contribution < 1.29 is 9.59 Å². The molecule has 0 aliphatic carbocycles. The third-order valence-corrected chi connectivity index (χ3v) is 3.69. The van der Waals surface area contributed by atoms with Gasteiger partial charge in [-0.25, -0.2) is 0 Å². The van der Waals surface area contributed by atoms with Crippen LogP contribution in [0.3, 0.4) is 0 Å². The molecule has 0 aliphatic rings. The van der Waals surface area contributed by atoms with Crippen molar-refractivity contribution in [3.8, 4) is 0 Å². The number of rotatable bonds is 11. The average molecular weight is 318 g/mol. The normalized spacial score (nSPS) is 10.3. The van der Waals surface area contributed by atoms with Gasteiger partial charge in [-0.2, -0.15) is 0 Å². The summed E-state index contributed by atoms with van der Waals surface area (Å²) in [5.74, 6) is 0.0639. The Morgan fingerprint density at radius 1 is 0.783 bits per heavy atom. The van der Waals surface area contributed by atoms with Crippen LogP contribution in [0.25, 0.3) is 0 Å². The topological polar surface area (TPSA) is 58.2 Å². The molecule has 2 N–H and O–H groups in total. The van der Waals surface area contributed by atoms with Gasteiger partial charge in [0.1, 0.15) is 0 Å². The van der Waals surface area contributed by atoms with Gasteiger partial charge < -0.3 is 10.6 Å². The van der Waals surface area contributed by atoms with E-state index < -0.39 is 0 Å². The predicted molar refractivity (Wildman–Crippen MR) is 96.6 cm³/mol. The van der Waals surface area contributed by atoms with Crippen LogP contribution in [0, 0.1) is 0 Å². The van der Waals surface area contributed by atoms with E-state index in [4.69, 9.17) is 0 Å². The number of unbranched alkanes of at least 4 members (excludes halogenated alkanes) is 5. The Bertz CT molecular complexity index is 486. The van der Waals surface area contributed by atoms with Crippen LogP contribution in [0.15, 0.2) is 24.3 Å². The Balaban J connectivity index is 2.40. The van der Waals surface area contributed by atoms with Gasteiger partial charge in [-0.3, -0.25) is 9.59 Å². The van der Waals surface area contributed by atoms with E-state index in [9.17, 15) is 9.59 Å². The van der Waals surface area contributed by atoms with Crippen LogP contribution in [0.1, 0.15) is 71.6 Å². The van der Waals surface area contributed by atoms with Crippen LogP contribution in [-0.4, -0.2) is 11.8 Å². The number of benzene rings is 1. The van der Waals surface area contributed by atoms with Gasteiger partial charge in [0, 0.05) is 24.2 Å². The van der Waals surface area contributed by atoms with Crippen LogP contribution in [-0.2, 0) is 9.59 Å². The molecule has 0 fully saturated rings. The zero-order valence-electron chi connectivity index (χ0n) is 14.5. The van der Waals surface area contributed by atoms with Crippen molar-refractivity contribution >= 4 is 23.2 Å². The molecule has 0 saturated carbocycles. The Hall–Kier alpha value is -1.84. The Morgan fingerprint density at radius 3 is 1.78 bits per heavy atom. The largest absolute Gasteiger partial charge is 0.326 e. The summed E-state index contributed by atoms with van der Waals surface area (Å²) in [7, 11) is 0. The zero-order chi connectivity index (χ0) is 16.9. The van der Waals surface area contributed by atoms with E-state index in [1.54, 1.807) is 0 Å². The van der Waals surface area contributed by atoms with Gasteiger partial charge in [0.15, 0.2) is 0 Å². The molecule has 0 saturated heterocycles. The van der Waals surface area contributed by atoms with E-state index in [2.05, 4.69) is 24.5 Å². The number of amides is 2. The highest BCUT2D eigenvalue weighted by molar-refractivity contribution is 5.94. The minimum Gasteiger partial charge on any atom is -0.326 e. The highest BCUT2D eigenvalue weighted by atomic mass is 16.2. The SMILES string of the molecule is CCCCCCC(=O)Nc1cccc(NC(=O)CCCCC)c1. The summed E-state index contributed by atoms with van der Waals surface area (Å²) >= 11 is 0. The Kier molecular flexibility index (Phi) is 9.76. The van der Waals surface area contributed by atoms with Crippen molar-refractivity contribution in [1.29, 1.82) is 0 Å². The van der Waals surface area contributed by atoms with Gasteiger partial charge in [-0.05, 0) is 31.0 Å². The van der Waals surface area contributed by atoms with Crippen molar-refractivity contribution in [3.05, 3.63) is 24.3 Å². The van der Waals surface area contributed by atoms with E-state index in [1.165, 1.54) is 12.8 Å². The van der Waals surface area contributed by atoms with Crippen LogP contribution in [0.2, 0.25) is 0 Å². The lowest BCUT2D eigenvalue weighted by Gasteiger charge is -2.09. The summed E-state index contributed by atoms with van der Waals surface area (Å²) in [4.78, 5) is 23.7. The molecular weight excluding hydrogens is 288 g/mol. The molecule has 0 heterocycles. The van der Waals surface area contributed by atoms with E-state index in [-0.39, 0.29) is 11.8 Å². The molecule has 2 amide bonds. The summed E-state index contributed by atoms with van der Waals surface area (Å²) in [6.45, 7) is 4.27. The van der Waals surface area contributed by atoms with Gasteiger partial charge in [-0.1, -0.05) is 52.0 Å². The molecule has 0 unspecified atom stereocenters. The molecule has 0 bridgehead atoms. The number of nitrogens with one attached hydrogen (secondary N) is 2. The predicted octanol–water partition coefficient (Wildman–Crippen LogP) is 5.11. The molecule has 1 aromatic rings. The maximum Gasteiger partial charge on any atom is 0.224 e. The van der Waals surface area contributed by atoms with Gasteiger partial charge in [-0.15, -0.1) is 0 Å². The van der Waals surface area contributed by atoms with E-state index >= 15 is 0 Å². The Morgan fingerprint density at radius 2 is 1.26 bits per heavy atom. The van der Waals surface area contributed by atoms with Crippen LogP contribution >= 0.6 is 0 Å². The van der Waals surface area contributed by atoms with Crippen molar-refractivity contribution in [2.75, 3.05) is 10.6 Å². The highest BCUT2D eigenvalue weighted by Crippen LogP contribution is 2.16. The van der Waals surface area contributed by atoms with E-state index in [0.717, 1.165) is 43.5 Å². The summed E-state index contributed by atoms with van der Waals surface area (Å²) in [5.41, 5.74) is 1.46. The highest BCUT2D eigenvalue weighted by Gasteiger charge is 2.05. The molecular formula is C19H30N2O2. The molecule has 23 heavy (non-hydrogen) atoms. The lowest BCUT2D eigenvalue weighted by Crippen LogP contribution is -2.13. The molecule has 0 aromatic heterocycles. The molecule has 0 spiro atoms. The molecule has 1 rings (SSSR count). The fraction of sp³-hybridized carbons (Fsp3) is 0.579. The third-order valence-electron chi connectivity index (χ3n) is 3.69. The second kappa shape index (κ2) is 11.7. The van der Waals surface area contributed by atoms with E-state index in [0.29, 0.717) is 12.8 Å². The second-order valence-electron chi connectivity index (χ2n) is 5.94. The maximum atomic E-state index is 11.9. The second-order valence-corrected chi connectivity index (χ2v) is 5.94. The maximum absolute atomic E-state index is 11.9. The first-order valence-electron chi connectivity index (χ1n) is 8.85. The smallest absolute Gasteiger partial charge is 0.224 e. The zero-order valence-corrected chi connectivity index (χ0v) is 14.5. The Labute approximate surface area is 140 Å². The molecule has 1 aromatic carbocycles. The van der Waals surface area contributed by atoms with Crippen molar-refractivity contribution in [3.63, 3.8) is 0 Å². The fourth-order valence-corrected chi connectivity index (χ4v) is 2.37. The summed E-state index contributed by atoms with van der Waals surface area (Å²) in [5, 5.41) is 5.78. The molecule has 4 heteroatoms. The minimum absolute atomic E-state index is 0.0292. The van der Waals surface area contributed by atoms with Gasteiger partial charge in [0.25, 0.3) is 0 Å². The average Bonchev–Trinajstić information content (AvgIpc) is 2.52. The van der Waals surface area contributed by atoms with Crippen LogP contribution in [0.5, 0.6) is 0 Å². The summed E-state index contributed by atoms with van der Waals surface area (Å²) in [6.07, 6.45) is 8.54. The van der Waals surface area contributed by atoms with Gasteiger partial charge in [0.2, 0.25) is 11.8 Å². The third kappa shape index (κ3) is 9.01. The van der Waals surface area contributed by atoms with E-state index in [1.807, 2.05) is 24.3 Å². The number of hydrogen-bond donors (Lipinski definition) is 2. The van der Waals surface area contributed by atoms with Crippen LogP contribution in [0.4, 0.5) is 11.4 Å². The number of carbonyl (C=O) groups is 2. The van der Waals surface area contributed by atoms with Gasteiger partial charge in [0.05, 0.1) is 0 Å². The molecule has 0 aliphatic heterocycles. The molecule has 128 valence electrons. The molecule has 0 atom stereocenters.